The second-order valence-corrected chi connectivity index (χ2v) is 4.15. The van der Waals surface area contributed by atoms with Gasteiger partial charge in [-0.2, -0.15) is 22.8 Å². The van der Waals surface area contributed by atoms with E-state index in [0.717, 1.165) is 0 Å². The molecule has 0 fully saturated rings. The number of hydrogen-bond donors (Lipinski definition) is 1. The first-order valence-corrected chi connectivity index (χ1v) is 5.28. The summed E-state index contributed by atoms with van der Waals surface area (Å²) in [5, 5.41) is 3.56. The molecule has 0 spiro atoms. The number of aromatic nitrogens is 4. The number of aryl methyl sites for hydroxylation is 1. The van der Waals surface area contributed by atoms with E-state index in [2.05, 4.69) is 31.0 Å². The highest BCUT2D eigenvalue weighted by molar-refractivity contribution is 9.10. The van der Waals surface area contributed by atoms with Crippen molar-refractivity contribution in [1.82, 2.24) is 19.6 Å². The van der Waals surface area contributed by atoms with Gasteiger partial charge in [-0.15, -0.1) is 0 Å². The summed E-state index contributed by atoms with van der Waals surface area (Å²) in [6, 6.07) is 0. The summed E-state index contributed by atoms with van der Waals surface area (Å²) >= 11 is 2.53. The van der Waals surface area contributed by atoms with Gasteiger partial charge in [-0.3, -0.25) is 14.6 Å². The summed E-state index contributed by atoms with van der Waals surface area (Å²) in [6.07, 6.45) is -4.81. The monoisotopic (exact) mass is 324 g/mol. The van der Waals surface area contributed by atoms with Gasteiger partial charge >= 0.3 is 6.18 Å². The van der Waals surface area contributed by atoms with Crippen LogP contribution >= 0.6 is 15.9 Å². The van der Waals surface area contributed by atoms with Gasteiger partial charge in [-0.25, -0.2) is 4.98 Å². The Hall–Kier alpha value is -1.71. The van der Waals surface area contributed by atoms with E-state index < -0.39 is 33.2 Å². The lowest BCUT2D eigenvalue weighted by Crippen LogP contribution is -2.29. The molecule has 0 aliphatic carbocycles. The summed E-state index contributed by atoms with van der Waals surface area (Å²) < 4.78 is 37.6. The molecule has 2 aromatic rings. The lowest BCUT2D eigenvalue weighted by Gasteiger charge is -2.08. The van der Waals surface area contributed by atoms with Gasteiger partial charge in [-0.05, 0) is 22.9 Å². The van der Waals surface area contributed by atoms with Gasteiger partial charge in [0.2, 0.25) is 5.78 Å². The number of H-pyrrole nitrogens is 1. The third-order valence-electron chi connectivity index (χ3n) is 2.08. The van der Waals surface area contributed by atoms with E-state index in [-0.39, 0.29) is 5.69 Å². The van der Waals surface area contributed by atoms with Crippen LogP contribution in [0.5, 0.6) is 0 Å². The molecule has 96 valence electrons. The number of fused-ring (bicyclic) bond motifs is 1. The third kappa shape index (κ3) is 1.92. The smallest absolute Gasteiger partial charge is 0.289 e. The van der Waals surface area contributed by atoms with Crippen LogP contribution in [0.2, 0.25) is 0 Å². The van der Waals surface area contributed by atoms with Crippen molar-refractivity contribution in [3.63, 3.8) is 0 Å². The molecule has 10 heteroatoms. The molecule has 0 atom stereocenters. The average molecular weight is 325 g/mol. The first-order chi connectivity index (χ1) is 8.21. The van der Waals surface area contributed by atoms with Crippen LogP contribution in [-0.2, 0) is 6.18 Å². The molecule has 6 nitrogen and oxygen atoms in total. The maximum Gasteiger partial charge on any atom is 0.434 e. The highest BCUT2D eigenvalue weighted by Crippen LogP contribution is 2.31. The predicted octanol–water partition coefficient (Wildman–Crippen LogP) is 0.868. The first kappa shape index (κ1) is 12.7. The molecule has 0 radical (unpaired) electrons. The molecular formula is C8H4BrF3N4O2. The fraction of sp³-hybridized carbons (Fsp3) is 0.250. The zero-order chi connectivity index (χ0) is 13.7. The minimum atomic E-state index is -4.81. The summed E-state index contributed by atoms with van der Waals surface area (Å²) in [6.45, 7) is 1.32. The molecule has 0 aliphatic rings. The maximum atomic E-state index is 12.6. The summed E-state index contributed by atoms with van der Waals surface area (Å²) in [5.74, 6) is -0.564. The van der Waals surface area contributed by atoms with Gasteiger partial charge in [0.25, 0.3) is 11.1 Å². The van der Waals surface area contributed by atoms with Crippen LogP contribution in [0.1, 0.15) is 11.4 Å². The number of alkyl halides is 3. The molecule has 0 unspecified atom stereocenters. The Morgan fingerprint density at radius 2 is 1.94 bits per heavy atom. The van der Waals surface area contributed by atoms with Crippen LogP contribution in [0.4, 0.5) is 13.2 Å². The molecule has 0 aliphatic heterocycles. The van der Waals surface area contributed by atoms with E-state index in [0.29, 0.717) is 4.52 Å². The summed E-state index contributed by atoms with van der Waals surface area (Å²) in [5.41, 5.74) is -3.23. The lowest BCUT2D eigenvalue weighted by atomic mass is 10.4. The molecule has 2 heterocycles. The highest BCUT2D eigenvalue weighted by atomic mass is 79.9. The first-order valence-electron chi connectivity index (χ1n) is 4.48. The number of halogens is 4. The Labute approximate surface area is 105 Å². The van der Waals surface area contributed by atoms with Crippen molar-refractivity contribution in [3.8, 4) is 0 Å². The van der Waals surface area contributed by atoms with E-state index in [1.807, 2.05) is 0 Å². The van der Waals surface area contributed by atoms with Crippen molar-refractivity contribution < 1.29 is 13.2 Å². The van der Waals surface area contributed by atoms with Crippen molar-refractivity contribution in [1.29, 1.82) is 0 Å². The largest absolute Gasteiger partial charge is 0.434 e. The molecule has 0 amide bonds. The SMILES string of the molecule is Cc1nn2c(=O)c(Br)c(C(F)(F)F)nc2[nH]c1=O. The van der Waals surface area contributed by atoms with Gasteiger partial charge in [-0.1, -0.05) is 0 Å². The Morgan fingerprint density at radius 3 is 2.50 bits per heavy atom. The molecule has 18 heavy (non-hydrogen) atoms. The molecule has 2 aromatic heterocycles. The van der Waals surface area contributed by atoms with E-state index in [1.165, 1.54) is 6.92 Å². The van der Waals surface area contributed by atoms with Crippen molar-refractivity contribution in [2.24, 2.45) is 0 Å². The molecule has 0 aromatic carbocycles. The Bertz CT molecular complexity index is 749. The van der Waals surface area contributed by atoms with E-state index in [9.17, 15) is 22.8 Å². The normalized spacial score (nSPS) is 12.1. The van der Waals surface area contributed by atoms with E-state index in [4.69, 9.17) is 0 Å². The molecule has 0 saturated carbocycles. The van der Waals surface area contributed by atoms with Crippen LogP contribution in [-0.4, -0.2) is 19.6 Å². The average Bonchev–Trinajstić information content (AvgIpc) is 2.25. The van der Waals surface area contributed by atoms with Gasteiger partial charge in [0, 0.05) is 0 Å². The Morgan fingerprint density at radius 1 is 1.33 bits per heavy atom. The van der Waals surface area contributed by atoms with Crippen LogP contribution in [0.25, 0.3) is 5.78 Å². The summed E-state index contributed by atoms with van der Waals surface area (Å²) in [7, 11) is 0. The molecule has 1 N–H and O–H groups in total. The second kappa shape index (κ2) is 3.90. The number of aromatic amines is 1. The molecule has 0 saturated heterocycles. The summed E-state index contributed by atoms with van der Waals surface area (Å²) in [4.78, 5) is 28.1. The zero-order valence-corrected chi connectivity index (χ0v) is 10.3. The Balaban J connectivity index is 2.98. The number of nitrogens with one attached hydrogen (secondary N) is 1. The van der Waals surface area contributed by atoms with E-state index >= 15 is 0 Å². The Kier molecular flexibility index (Phi) is 2.76. The van der Waals surface area contributed by atoms with Gasteiger partial charge in [0.15, 0.2) is 5.69 Å². The van der Waals surface area contributed by atoms with Crippen LogP contribution in [0.15, 0.2) is 14.1 Å². The predicted molar refractivity (Wildman–Crippen MR) is 57.3 cm³/mol. The molecule has 0 bridgehead atoms. The number of rotatable bonds is 0. The number of hydrogen-bond acceptors (Lipinski definition) is 4. The maximum absolute atomic E-state index is 12.6. The van der Waals surface area contributed by atoms with Gasteiger partial charge in [0.1, 0.15) is 10.2 Å². The van der Waals surface area contributed by atoms with Crippen LogP contribution < -0.4 is 11.1 Å². The topological polar surface area (TPSA) is 80.1 Å². The fourth-order valence-electron chi connectivity index (χ4n) is 1.24. The van der Waals surface area contributed by atoms with Crippen molar-refractivity contribution in [3.05, 3.63) is 36.6 Å². The number of nitrogens with zero attached hydrogens (tertiary/aromatic N) is 3. The highest BCUT2D eigenvalue weighted by Gasteiger charge is 2.37. The standard InChI is InChI=1S/C8H4BrF3N4O2/c1-2-5(17)14-7-13-4(8(10,11)12)3(9)6(18)16(7)15-2/h1H3,(H,13,14,17). The minimum Gasteiger partial charge on any atom is -0.289 e. The van der Waals surface area contributed by atoms with E-state index in [1.54, 1.807) is 0 Å². The van der Waals surface area contributed by atoms with Gasteiger partial charge < -0.3 is 0 Å². The van der Waals surface area contributed by atoms with Crippen molar-refractivity contribution in [2.75, 3.05) is 0 Å². The lowest BCUT2D eigenvalue weighted by molar-refractivity contribution is -0.141. The molecular weight excluding hydrogens is 321 g/mol. The quantitative estimate of drug-likeness (QED) is 0.779. The van der Waals surface area contributed by atoms with Crippen LogP contribution in [0.3, 0.4) is 0 Å². The van der Waals surface area contributed by atoms with Crippen LogP contribution in [0, 0.1) is 6.92 Å². The zero-order valence-electron chi connectivity index (χ0n) is 8.67. The molecule has 2 rings (SSSR count). The van der Waals surface area contributed by atoms with Crippen molar-refractivity contribution >= 4 is 21.7 Å². The minimum absolute atomic E-state index is 0.0574. The van der Waals surface area contributed by atoms with Gasteiger partial charge in [0.05, 0.1) is 0 Å². The fourth-order valence-corrected chi connectivity index (χ4v) is 1.72. The second-order valence-electron chi connectivity index (χ2n) is 3.35. The van der Waals surface area contributed by atoms with Crippen molar-refractivity contribution in [2.45, 2.75) is 13.1 Å². The third-order valence-corrected chi connectivity index (χ3v) is 2.79.